The first kappa shape index (κ1) is 14.3. The molecule has 0 radical (unpaired) electrons. The first-order valence-electron chi connectivity index (χ1n) is 7.13. The lowest BCUT2D eigenvalue weighted by Crippen LogP contribution is -2.18. The molecule has 21 heavy (non-hydrogen) atoms. The number of fused-ring (bicyclic) bond motifs is 1. The van der Waals surface area contributed by atoms with Gasteiger partial charge in [0.05, 0.1) is 18.4 Å². The Balaban J connectivity index is 1.68. The first-order valence-corrected chi connectivity index (χ1v) is 7.51. The van der Waals surface area contributed by atoms with Crippen molar-refractivity contribution in [1.29, 1.82) is 0 Å². The normalized spacial score (nSPS) is 16.8. The summed E-state index contributed by atoms with van der Waals surface area (Å²) in [6.45, 7) is 4.76. The summed E-state index contributed by atoms with van der Waals surface area (Å²) in [4.78, 5) is 4.64. The summed E-state index contributed by atoms with van der Waals surface area (Å²) in [6.07, 6.45) is 5.18. The Labute approximate surface area is 130 Å². The molecule has 108 valence electrons. The molecule has 0 aliphatic heterocycles. The van der Waals surface area contributed by atoms with Crippen LogP contribution in [0.25, 0.3) is 6.08 Å². The van der Waals surface area contributed by atoms with Crippen LogP contribution in [-0.2, 0) is 17.8 Å². The summed E-state index contributed by atoms with van der Waals surface area (Å²) in [5.41, 5.74) is 5.86. The summed E-state index contributed by atoms with van der Waals surface area (Å²) in [5, 5.41) is 0.750. The summed E-state index contributed by atoms with van der Waals surface area (Å²) >= 11 is 5.89. The highest BCUT2D eigenvalue weighted by atomic mass is 35.5. The lowest BCUT2D eigenvalue weighted by Gasteiger charge is -2.21. The van der Waals surface area contributed by atoms with Gasteiger partial charge in [0.2, 0.25) is 0 Å². The minimum Gasteiger partial charge on any atom is -0.369 e. The molecular formula is C18H18ClNO. The molecule has 2 nitrogen and oxygen atoms in total. The fourth-order valence-electron chi connectivity index (χ4n) is 2.67. The van der Waals surface area contributed by atoms with Gasteiger partial charge in [0.1, 0.15) is 0 Å². The minimum atomic E-state index is 0.0851. The van der Waals surface area contributed by atoms with Gasteiger partial charge in [-0.2, -0.15) is 0 Å². The van der Waals surface area contributed by atoms with Crippen LogP contribution < -0.4 is 0 Å². The molecule has 0 fully saturated rings. The van der Waals surface area contributed by atoms with E-state index >= 15 is 0 Å². The predicted octanol–water partition coefficient (Wildman–Crippen LogP) is 4.51. The average molecular weight is 300 g/mol. The van der Waals surface area contributed by atoms with Gasteiger partial charge in [0.25, 0.3) is 0 Å². The Morgan fingerprint density at radius 1 is 1.24 bits per heavy atom. The fraction of sp³-hybridized carbons (Fsp3) is 0.278. The van der Waals surface area contributed by atoms with Gasteiger partial charge in [-0.15, -0.1) is 0 Å². The van der Waals surface area contributed by atoms with Gasteiger partial charge in [0, 0.05) is 17.1 Å². The quantitative estimate of drug-likeness (QED) is 0.832. The standard InChI is InChI=1S/C18H18ClNO/c1-12-9-13(2)20-18-10-16(7-8-17(12)18)21-11-14-3-5-15(19)6-4-14/h3-9,16H,10-11H2,1-2H3. The van der Waals surface area contributed by atoms with Crippen molar-refractivity contribution < 1.29 is 4.74 Å². The average Bonchev–Trinajstić information content (AvgIpc) is 2.46. The van der Waals surface area contributed by atoms with Gasteiger partial charge >= 0.3 is 0 Å². The number of nitrogens with zero attached hydrogens (tertiary/aromatic N) is 1. The molecule has 0 amide bonds. The monoisotopic (exact) mass is 299 g/mol. The molecule has 0 spiro atoms. The van der Waals surface area contributed by atoms with Crippen molar-refractivity contribution in [3.05, 3.63) is 69.5 Å². The molecule has 1 heterocycles. The minimum absolute atomic E-state index is 0.0851. The second-order valence-electron chi connectivity index (χ2n) is 5.48. The Morgan fingerprint density at radius 2 is 2.00 bits per heavy atom. The van der Waals surface area contributed by atoms with E-state index in [-0.39, 0.29) is 6.10 Å². The topological polar surface area (TPSA) is 22.1 Å². The Bertz CT molecular complexity index is 676. The number of aromatic nitrogens is 1. The number of hydrogen-bond donors (Lipinski definition) is 0. The van der Waals surface area contributed by atoms with E-state index in [2.05, 4.69) is 30.1 Å². The van der Waals surface area contributed by atoms with Crippen LogP contribution in [0.4, 0.5) is 0 Å². The number of aryl methyl sites for hydroxylation is 2. The molecule has 1 aromatic heterocycles. The highest BCUT2D eigenvalue weighted by Gasteiger charge is 2.17. The second-order valence-corrected chi connectivity index (χ2v) is 5.92. The highest BCUT2D eigenvalue weighted by molar-refractivity contribution is 6.30. The third kappa shape index (κ3) is 3.34. The molecule has 0 bridgehead atoms. The van der Waals surface area contributed by atoms with Crippen LogP contribution in [0.5, 0.6) is 0 Å². The molecule has 0 saturated carbocycles. The molecule has 1 aliphatic carbocycles. The maximum atomic E-state index is 5.98. The van der Waals surface area contributed by atoms with E-state index in [1.165, 1.54) is 11.1 Å². The van der Waals surface area contributed by atoms with Crippen LogP contribution in [0.3, 0.4) is 0 Å². The summed E-state index contributed by atoms with van der Waals surface area (Å²) in [7, 11) is 0. The molecule has 0 saturated heterocycles. The Morgan fingerprint density at radius 3 is 2.76 bits per heavy atom. The van der Waals surface area contributed by atoms with Crippen molar-refractivity contribution >= 4 is 17.7 Å². The largest absolute Gasteiger partial charge is 0.369 e. The van der Waals surface area contributed by atoms with E-state index in [0.29, 0.717) is 6.61 Å². The molecule has 3 heteroatoms. The van der Waals surface area contributed by atoms with Crippen LogP contribution in [0.1, 0.15) is 28.1 Å². The van der Waals surface area contributed by atoms with Gasteiger partial charge in [0.15, 0.2) is 0 Å². The van der Waals surface area contributed by atoms with Gasteiger partial charge in [-0.05, 0) is 48.7 Å². The molecule has 0 N–H and O–H groups in total. The molecule has 2 aromatic rings. The van der Waals surface area contributed by atoms with Crippen LogP contribution >= 0.6 is 11.6 Å². The van der Waals surface area contributed by atoms with Crippen molar-refractivity contribution in [1.82, 2.24) is 4.98 Å². The number of halogens is 1. The number of benzene rings is 1. The SMILES string of the molecule is Cc1cc(C)c2c(n1)CC(OCc1ccc(Cl)cc1)C=C2. The number of ether oxygens (including phenoxy) is 1. The molecule has 1 atom stereocenters. The van der Waals surface area contributed by atoms with Crippen molar-refractivity contribution in [3.63, 3.8) is 0 Å². The van der Waals surface area contributed by atoms with E-state index < -0.39 is 0 Å². The van der Waals surface area contributed by atoms with Gasteiger partial charge in [-0.1, -0.05) is 35.9 Å². The van der Waals surface area contributed by atoms with Crippen LogP contribution in [0, 0.1) is 13.8 Å². The zero-order valence-corrected chi connectivity index (χ0v) is 13.0. The smallest absolute Gasteiger partial charge is 0.0819 e. The van der Waals surface area contributed by atoms with Crippen molar-refractivity contribution in [2.45, 2.75) is 33.0 Å². The summed E-state index contributed by atoms with van der Waals surface area (Å²) < 4.78 is 5.98. The zero-order chi connectivity index (χ0) is 14.8. The summed E-state index contributed by atoms with van der Waals surface area (Å²) in [6, 6.07) is 9.89. The van der Waals surface area contributed by atoms with Crippen LogP contribution in [0.2, 0.25) is 5.02 Å². The van der Waals surface area contributed by atoms with Crippen molar-refractivity contribution in [2.75, 3.05) is 0 Å². The van der Waals surface area contributed by atoms with Crippen LogP contribution in [-0.4, -0.2) is 11.1 Å². The van der Waals surface area contributed by atoms with Gasteiger partial charge in [-0.25, -0.2) is 0 Å². The number of rotatable bonds is 3. The van der Waals surface area contributed by atoms with Crippen LogP contribution in [0.15, 0.2) is 36.4 Å². The van der Waals surface area contributed by atoms with E-state index in [0.717, 1.165) is 28.4 Å². The maximum Gasteiger partial charge on any atom is 0.0819 e. The summed E-state index contributed by atoms with van der Waals surface area (Å²) in [5.74, 6) is 0. The third-order valence-corrected chi connectivity index (χ3v) is 3.97. The lowest BCUT2D eigenvalue weighted by molar-refractivity contribution is 0.0713. The Kier molecular flexibility index (Phi) is 4.09. The van der Waals surface area contributed by atoms with E-state index in [4.69, 9.17) is 16.3 Å². The maximum absolute atomic E-state index is 5.98. The fourth-order valence-corrected chi connectivity index (χ4v) is 2.79. The Hall–Kier alpha value is -1.64. The molecule has 1 aromatic carbocycles. The third-order valence-electron chi connectivity index (χ3n) is 3.72. The first-order chi connectivity index (χ1) is 10.1. The molecule has 3 rings (SSSR count). The highest BCUT2D eigenvalue weighted by Crippen LogP contribution is 2.24. The van der Waals surface area contributed by atoms with Gasteiger partial charge < -0.3 is 4.74 Å². The van der Waals surface area contributed by atoms with E-state index in [9.17, 15) is 0 Å². The van der Waals surface area contributed by atoms with Crippen molar-refractivity contribution in [2.24, 2.45) is 0 Å². The van der Waals surface area contributed by atoms with Crippen molar-refractivity contribution in [3.8, 4) is 0 Å². The molecular weight excluding hydrogens is 282 g/mol. The van der Waals surface area contributed by atoms with Gasteiger partial charge in [-0.3, -0.25) is 4.98 Å². The number of hydrogen-bond acceptors (Lipinski definition) is 2. The molecule has 1 unspecified atom stereocenters. The molecule has 1 aliphatic rings. The zero-order valence-electron chi connectivity index (χ0n) is 12.3. The van der Waals surface area contributed by atoms with E-state index in [1.807, 2.05) is 31.2 Å². The predicted molar refractivity (Wildman–Crippen MR) is 86.5 cm³/mol. The van der Waals surface area contributed by atoms with E-state index in [1.54, 1.807) is 0 Å². The number of pyridine rings is 1. The second kappa shape index (κ2) is 6.00. The lowest BCUT2D eigenvalue weighted by atomic mass is 9.96.